The van der Waals surface area contributed by atoms with Gasteiger partial charge in [0.1, 0.15) is 29.7 Å². The van der Waals surface area contributed by atoms with Crippen molar-refractivity contribution in [3.63, 3.8) is 0 Å². The van der Waals surface area contributed by atoms with Crippen molar-refractivity contribution in [2.24, 2.45) is 5.41 Å². The number of benzene rings is 1. The fourth-order valence-corrected chi connectivity index (χ4v) is 5.94. The average molecular weight is 569 g/mol. The summed E-state index contributed by atoms with van der Waals surface area (Å²) in [6.07, 6.45) is 3.92. The highest BCUT2D eigenvalue weighted by molar-refractivity contribution is 5.97. The van der Waals surface area contributed by atoms with Gasteiger partial charge < -0.3 is 24.6 Å². The first kappa shape index (κ1) is 27.3. The Morgan fingerprint density at radius 1 is 1.15 bits per heavy atom. The number of aromatic nitrogens is 3. The Bertz CT molecular complexity index is 1440. The maximum atomic E-state index is 14.2. The van der Waals surface area contributed by atoms with Gasteiger partial charge in [0.15, 0.2) is 11.6 Å². The number of ether oxygens (including phenoxy) is 2. The SMILES string of the molecule is CC(C)N(CC(F)F)C(=O)c1cc(F)ccc1Oc1cncnc1N1CC2(CC(Oc3ccnc4c3CNC4)C2)C1. The topological polar surface area (TPSA) is 92.7 Å². The van der Waals surface area contributed by atoms with Gasteiger partial charge in [-0.2, -0.15) is 0 Å². The first-order valence-electron chi connectivity index (χ1n) is 13.7. The number of fused-ring (bicyclic) bond motifs is 1. The molecule has 3 aromatic rings. The molecule has 0 unspecified atom stereocenters. The molecule has 2 fully saturated rings. The molecule has 216 valence electrons. The van der Waals surface area contributed by atoms with Crippen molar-refractivity contribution in [3.05, 3.63) is 65.6 Å². The normalized spacial score (nSPS) is 17.4. The molecule has 12 heteroatoms. The monoisotopic (exact) mass is 568 g/mol. The van der Waals surface area contributed by atoms with Crippen molar-refractivity contribution in [2.75, 3.05) is 24.5 Å². The summed E-state index contributed by atoms with van der Waals surface area (Å²) in [5.41, 5.74) is 2.15. The lowest BCUT2D eigenvalue weighted by Gasteiger charge is -2.58. The number of halogens is 3. The minimum Gasteiger partial charge on any atom is -0.490 e. The van der Waals surface area contributed by atoms with Crippen molar-refractivity contribution < 1.29 is 27.4 Å². The van der Waals surface area contributed by atoms with Gasteiger partial charge >= 0.3 is 0 Å². The van der Waals surface area contributed by atoms with Crippen LogP contribution in [0.25, 0.3) is 0 Å². The zero-order valence-electron chi connectivity index (χ0n) is 22.8. The van der Waals surface area contributed by atoms with E-state index in [0.717, 1.165) is 73.1 Å². The molecule has 1 aromatic carbocycles. The number of amides is 1. The molecule has 9 nitrogen and oxygen atoms in total. The van der Waals surface area contributed by atoms with Crippen LogP contribution in [-0.2, 0) is 13.1 Å². The van der Waals surface area contributed by atoms with Gasteiger partial charge in [-0.1, -0.05) is 0 Å². The summed E-state index contributed by atoms with van der Waals surface area (Å²) in [7, 11) is 0. The molecule has 1 aliphatic carbocycles. The van der Waals surface area contributed by atoms with Gasteiger partial charge in [0.2, 0.25) is 0 Å². The lowest BCUT2D eigenvalue weighted by atomic mass is 9.61. The van der Waals surface area contributed by atoms with Crippen molar-refractivity contribution in [3.8, 4) is 17.2 Å². The van der Waals surface area contributed by atoms with Crippen LogP contribution in [0.2, 0.25) is 0 Å². The van der Waals surface area contributed by atoms with Crippen LogP contribution >= 0.6 is 0 Å². The molecule has 2 aromatic heterocycles. The third-order valence-electron chi connectivity index (χ3n) is 7.93. The lowest BCUT2D eigenvalue weighted by molar-refractivity contribution is -0.0348. The molecular formula is C29H31F3N6O3. The Morgan fingerprint density at radius 2 is 1.95 bits per heavy atom. The van der Waals surface area contributed by atoms with E-state index >= 15 is 0 Å². The zero-order valence-corrected chi connectivity index (χ0v) is 22.8. The van der Waals surface area contributed by atoms with E-state index in [4.69, 9.17) is 9.47 Å². The molecule has 0 radical (unpaired) electrons. The van der Waals surface area contributed by atoms with E-state index in [2.05, 4.69) is 25.2 Å². The van der Waals surface area contributed by atoms with Crippen LogP contribution in [0.1, 0.15) is 48.3 Å². The van der Waals surface area contributed by atoms with Crippen LogP contribution in [0.5, 0.6) is 17.2 Å². The highest BCUT2D eigenvalue weighted by Crippen LogP contribution is 2.52. The minimum absolute atomic E-state index is 0.0408. The summed E-state index contributed by atoms with van der Waals surface area (Å²) >= 11 is 0. The summed E-state index contributed by atoms with van der Waals surface area (Å²) < 4.78 is 52.9. The number of pyridine rings is 1. The molecule has 4 heterocycles. The molecule has 6 rings (SSSR count). The molecule has 0 atom stereocenters. The Labute approximate surface area is 235 Å². The Kier molecular flexibility index (Phi) is 7.18. The quantitative estimate of drug-likeness (QED) is 0.402. The van der Waals surface area contributed by atoms with E-state index in [0.29, 0.717) is 11.6 Å². The van der Waals surface area contributed by atoms with Gasteiger partial charge in [-0.3, -0.25) is 9.78 Å². The molecule has 0 bridgehead atoms. The number of carbonyl (C=O) groups excluding carboxylic acids is 1. The van der Waals surface area contributed by atoms with Crippen molar-refractivity contribution in [1.82, 2.24) is 25.2 Å². The number of rotatable bonds is 9. The summed E-state index contributed by atoms with van der Waals surface area (Å²) in [4.78, 5) is 29.2. The van der Waals surface area contributed by atoms with Crippen LogP contribution in [0.3, 0.4) is 0 Å². The van der Waals surface area contributed by atoms with Crippen molar-refractivity contribution in [2.45, 2.75) is 58.3 Å². The van der Waals surface area contributed by atoms with Crippen LogP contribution in [0.15, 0.2) is 43.0 Å². The molecule has 1 saturated heterocycles. The second-order valence-electron chi connectivity index (χ2n) is 11.2. The second-order valence-corrected chi connectivity index (χ2v) is 11.2. The third-order valence-corrected chi connectivity index (χ3v) is 7.93. The maximum absolute atomic E-state index is 14.2. The summed E-state index contributed by atoms with van der Waals surface area (Å²) in [6, 6.07) is 4.88. The molecule has 1 N–H and O–H groups in total. The van der Waals surface area contributed by atoms with E-state index in [1.165, 1.54) is 18.6 Å². The Balaban J connectivity index is 1.14. The highest BCUT2D eigenvalue weighted by atomic mass is 19.3. The van der Waals surface area contributed by atoms with Crippen molar-refractivity contribution >= 4 is 11.7 Å². The number of nitrogens with one attached hydrogen (secondary N) is 1. The average Bonchev–Trinajstić information content (AvgIpc) is 3.39. The fraction of sp³-hybridized carbons (Fsp3) is 0.448. The summed E-state index contributed by atoms with van der Waals surface area (Å²) in [5, 5.41) is 3.31. The number of carbonyl (C=O) groups is 1. The molecule has 3 aliphatic rings. The smallest absolute Gasteiger partial charge is 0.258 e. The zero-order chi connectivity index (χ0) is 28.7. The standard InChI is InChI=1S/C29H31F3N6O3/c1-17(2)38(13-26(31)32)28(39)20-7-18(30)3-4-23(20)41-25-12-34-16-36-27(25)37-14-29(15-37)8-19(9-29)40-24-5-6-35-22-11-33-10-21(22)24/h3-7,12,16-17,19,26,33H,8-11,13-15H2,1-2H3. The van der Waals surface area contributed by atoms with E-state index in [-0.39, 0.29) is 22.8 Å². The van der Waals surface area contributed by atoms with Gasteiger partial charge in [-0.25, -0.2) is 23.1 Å². The first-order chi connectivity index (χ1) is 19.7. The van der Waals surface area contributed by atoms with Crippen LogP contribution < -0.4 is 19.7 Å². The van der Waals surface area contributed by atoms with Crippen LogP contribution in [0, 0.1) is 11.2 Å². The number of hydrogen-bond acceptors (Lipinski definition) is 8. The highest BCUT2D eigenvalue weighted by Gasteiger charge is 2.54. The maximum Gasteiger partial charge on any atom is 0.258 e. The molecule has 1 saturated carbocycles. The van der Waals surface area contributed by atoms with E-state index in [9.17, 15) is 18.0 Å². The summed E-state index contributed by atoms with van der Waals surface area (Å²) in [5.74, 6) is 0.359. The molecule has 2 aliphatic heterocycles. The second kappa shape index (κ2) is 10.8. The number of alkyl halides is 2. The number of nitrogens with zero attached hydrogens (tertiary/aromatic N) is 5. The molecule has 1 spiro atoms. The van der Waals surface area contributed by atoms with Gasteiger partial charge in [0, 0.05) is 49.4 Å². The molecular weight excluding hydrogens is 537 g/mol. The largest absolute Gasteiger partial charge is 0.490 e. The van der Waals surface area contributed by atoms with Crippen molar-refractivity contribution in [1.29, 1.82) is 0 Å². The molecule has 41 heavy (non-hydrogen) atoms. The predicted molar refractivity (Wildman–Crippen MR) is 144 cm³/mol. The number of anilines is 1. The van der Waals surface area contributed by atoms with Crippen LogP contribution in [-0.4, -0.2) is 64.0 Å². The van der Waals surface area contributed by atoms with Gasteiger partial charge in [-0.05, 0) is 51.0 Å². The van der Waals surface area contributed by atoms with Crippen LogP contribution in [0.4, 0.5) is 19.0 Å². The van der Waals surface area contributed by atoms with Gasteiger partial charge in [0.25, 0.3) is 12.3 Å². The van der Waals surface area contributed by atoms with Gasteiger partial charge in [0.05, 0.1) is 24.0 Å². The van der Waals surface area contributed by atoms with E-state index in [1.54, 1.807) is 20.0 Å². The minimum atomic E-state index is -2.73. The third kappa shape index (κ3) is 5.40. The Hall–Kier alpha value is -3.93. The summed E-state index contributed by atoms with van der Waals surface area (Å²) in [6.45, 7) is 5.51. The van der Waals surface area contributed by atoms with E-state index in [1.807, 2.05) is 6.07 Å². The van der Waals surface area contributed by atoms with E-state index < -0.39 is 30.7 Å². The lowest BCUT2D eigenvalue weighted by Crippen LogP contribution is -2.65. The Morgan fingerprint density at radius 3 is 2.71 bits per heavy atom. The first-order valence-corrected chi connectivity index (χ1v) is 13.7. The predicted octanol–water partition coefficient (Wildman–Crippen LogP) is 4.57. The molecule has 1 amide bonds. The fourth-order valence-electron chi connectivity index (χ4n) is 5.94. The number of hydrogen-bond donors (Lipinski definition) is 1. The van der Waals surface area contributed by atoms with Gasteiger partial charge in [-0.15, -0.1) is 0 Å².